The fourth-order valence-electron chi connectivity index (χ4n) is 1.17. The summed E-state index contributed by atoms with van der Waals surface area (Å²) in [4.78, 5) is 0. The molecule has 6 heteroatoms. The van der Waals surface area contributed by atoms with Crippen molar-refractivity contribution in [2.75, 3.05) is 12.4 Å². The minimum Gasteiger partial charge on any atom is -0.748 e. The molecule has 0 saturated carbocycles. The molecule has 1 aromatic heterocycles. The van der Waals surface area contributed by atoms with Gasteiger partial charge < -0.3 is 9.66 Å². The third-order valence-corrected chi connectivity index (χ3v) is 2.89. The summed E-state index contributed by atoms with van der Waals surface area (Å²) in [5.41, 5.74) is 0. The molecule has 0 fully saturated rings. The van der Waals surface area contributed by atoms with Gasteiger partial charge in [-0.3, -0.25) is 0 Å². The van der Waals surface area contributed by atoms with E-state index in [1.165, 1.54) is 12.8 Å². The van der Waals surface area contributed by atoms with E-state index in [0.29, 0.717) is 0 Å². The number of aliphatic hydroxyl groups excluding tert-OH is 1. The number of hydrogen-bond acceptors (Lipinski definition) is 4. The Morgan fingerprint density at radius 1 is 1.17 bits per heavy atom. The molecule has 1 aromatic rings. The molecular weight excluding hydrogens is 254 g/mol. The highest BCUT2D eigenvalue weighted by Gasteiger charge is 1.93. The van der Waals surface area contributed by atoms with Crippen molar-refractivity contribution >= 4 is 10.1 Å². The van der Waals surface area contributed by atoms with Gasteiger partial charge in [-0.05, 0) is 6.42 Å². The molecular formula is C12H21NO4S. The molecule has 0 spiro atoms. The first kappa shape index (κ1) is 17.0. The van der Waals surface area contributed by atoms with E-state index >= 15 is 0 Å². The van der Waals surface area contributed by atoms with Crippen LogP contribution in [0.15, 0.2) is 30.6 Å². The van der Waals surface area contributed by atoms with Gasteiger partial charge in [0.25, 0.3) is 0 Å². The zero-order valence-corrected chi connectivity index (χ0v) is 11.5. The Kier molecular flexibility index (Phi) is 9.45. The van der Waals surface area contributed by atoms with Gasteiger partial charge in [-0.25, -0.2) is 13.0 Å². The van der Waals surface area contributed by atoms with Crippen molar-refractivity contribution in [2.45, 2.75) is 32.7 Å². The van der Waals surface area contributed by atoms with Crippen LogP contribution in [0.3, 0.4) is 0 Å². The average Bonchev–Trinajstić information content (AvgIpc) is 2.35. The summed E-state index contributed by atoms with van der Waals surface area (Å²) in [6, 6.07) is 6.17. The Morgan fingerprint density at radius 3 is 2.17 bits per heavy atom. The van der Waals surface area contributed by atoms with Crippen molar-refractivity contribution in [3.8, 4) is 0 Å². The third kappa shape index (κ3) is 11.5. The standard InChI is InChI=1S/C9H14N.C3H8O4S/c1-2-3-7-10-8-5-4-6-9-10;4-2-1-3-8(5,6)7/h4-6,8-9H,2-3,7H2,1H3;4H,1-3H2,(H,5,6,7)/q+1;/p-1. The van der Waals surface area contributed by atoms with E-state index in [4.69, 9.17) is 5.11 Å². The lowest BCUT2D eigenvalue weighted by molar-refractivity contribution is -0.697. The highest BCUT2D eigenvalue weighted by Crippen LogP contribution is 1.85. The zero-order chi connectivity index (χ0) is 13.9. The van der Waals surface area contributed by atoms with Gasteiger partial charge >= 0.3 is 0 Å². The molecule has 1 heterocycles. The highest BCUT2D eigenvalue weighted by molar-refractivity contribution is 7.85. The number of unbranched alkanes of at least 4 members (excludes halogenated alkanes) is 1. The van der Waals surface area contributed by atoms with E-state index in [9.17, 15) is 13.0 Å². The Hall–Kier alpha value is -0.980. The second-order valence-corrected chi connectivity index (χ2v) is 5.33. The molecule has 0 unspecified atom stereocenters. The van der Waals surface area contributed by atoms with Crippen LogP contribution in [0, 0.1) is 0 Å². The summed E-state index contributed by atoms with van der Waals surface area (Å²) in [6.45, 7) is 3.11. The van der Waals surface area contributed by atoms with Crippen molar-refractivity contribution in [1.82, 2.24) is 0 Å². The molecule has 0 atom stereocenters. The maximum absolute atomic E-state index is 9.72. The lowest BCUT2D eigenvalue weighted by atomic mass is 10.3. The number of rotatable bonds is 6. The van der Waals surface area contributed by atoms with Crippen molar-refractivity contribution in [3.05, 3.63) is 30.6 Å². The minimum atomic E-state index is -4.10. The van der Waals surface area contributed by atoms with E-state index in [1.807, 2.05) is 6.07 Å². The lowest BCUT2D eigenvalue weighted by Crippen LogP contribution is -2.31. The summed E-state index contributed by atoms with van der Waals surface area (Å²) >= 11 is 0. The second-order valence-electron chi connectivity index (χ2n) is 3.81. The van der Waals surface area contributed by atoms with E-state index < -0.39 is 15.9 Å². The van der Waals surface area contributed by atoms with Crippen LogP contribution < -0.4 is 4.57 Å². The van der Waals surface area contributed by atoms with E-state index in [1.54, 1.807) is 0 Å². The number of aliphatic hydroxyl groups is 1. The Labute approximate surface area is 109 Å². The van der Waals surface area contributed by atoms with Gasteiger partial charge in [0.1, 0.15) is 6.54 Å². The van der Waals surface area contributed by atoms with Crippen LogP contribution in [-0.4, -0.2) is 30.4 Å². The van der Waals surface area contributed by atoms with Crippen LogP contribution in [0.25, 0.3) is 0 Å². The smallest absolute Gasteiger partial charge is 0.168 e. The third-order valence-electron chi connectivity index (χ3n) is 2.10. The monoisotopic (exact) mass is 275 g/mol. The molecule has 0 amide bonds. The SMILES string of the molecule is CCCC[n+]1ccccc1.O=S(=O)([O-])CCCO. The molecule has 0 saturated heterocycles. The number of aryl methyl sites for hydroxylation is 1. The van der Waals surface area contributed by atoms with Crippen LogP contribution in [0.5, 0.6) is 0 Å². The number of pyridine rings is 1. The van der Waals surface area contributed by atoms with Crippen LogP contribution in [0.1, 0.15) is 26.2 Å². The largest absolute Gasteiger partial charge is 0.748 e. The van der Waals surface area contributed by atoms with E-state index in [0.717, 1.165) is 6.54 Å². The van der Waals surface area contributed by atoms with Gasteiger partial charge in [0, 0.05) is 30.9 Å². The molecule has 1 rings (SSSR count). The summed E-state index contributed by atoms with van der Waals surface area (Å²) < 4.78 is 31.4. The predicted octanol–water partition coefficient (Wildman–Crippen LogP) is 0.688. The Morgan fingerprint density at radius 2 is 1.78 bits per heavy atom. The maximum atomic E-state index is 9.72. The molecule has 5 nitrogen and oxygen atoms in total. The molecule has 0 aromatic carbocycles. The number of hydrogen-bond donors (Lipinski definition) is 1. The van der Waals surface area contributed by atoms with Crippen molar-refractivity contribution in [3.63, 3.8) is 0 Å². The molecule has 0 bridgehead atoms. The molecule has 0 aliphatic carbocycles. The molecule has 0 aliphatic rings. The van der Waals surface area contributed by atoms with Crippen LogP contribution in [0.4, 0.5) is 0 Å². The van der Waals surface area contributed by atoms with E-state index in [2.05, 4.69) is 36.0 Å². The summed E-state index contributed by atoms with van der Waals surface area (Å²) in [5.74, 6) is -0.469. The van der Waals surface area contributed by atoms with Gasteiger partial charge in [0.15, 0.2) is 12.4 Å². The van der Waals surface area contributed by atoms with Gasteiger partial charge in [0.2, 0.25) is 0 Å². The fraction of sp³-hybridized carbons (Fsp3) is 0.583. The lowest BCUT2D eigenvalue weighted by Gasteiger charge is -2.02. The quantitative estimate of drug-likeness (QED) is 0.611. The zero-order valence-electron chi connectivity index (χ0n) is 10.7. The fourth-order valence-corrected chi connectivity index (χ4v) is 1.65. The normalized spacial score (nSPS) is 10.6. The average molecular weight is 275 g/mol. The first-order valence-electron chi connectivity index (χ1n) is 5.98. The molecule has 0 aliphatic heterocycles. The van der Waals surface area contributed by atoms with Crippen LogP contribution in [-0.2, 0) is 16.7 Å². The minimum absolute atomic E-state index is 0.0336. The van der Waals surface area contributed by atoms with Crippen molar-refractivity contribution in [1.29, 1.82) is 0 Å². The van der Waals surface area contributed by atoms with Gasteiger partial charge in [0.05, 0.1) is 10.1 Å². The molecule has 1 N–H and O–H groups in total. The van der Waals surface area contributed by atoms with Gasteiger partial charge in [-0.15, -0.1) is 0 Å². The number of aromatic nitrogens is 1. The topological polar surface area (TPSA) is 81.3 Å². The van der Waals surface area contributed by atoms with Gasteiger partial charge in [-0.1, -0.05) is 19.4 Å². The van der Waals surface area contributed by atoms with Crippen LogP contribution in [0.2, 0.25) is 0 Å². The first-order valence-corrected chi connectivity index (χ1v) is 7.56. The van der Waals surface area contributed by atoms with E-state index in [-0.39, 0.29) is 13.0 Å². The highest BCUT2D eigenvalue weighted by atomic mass is 32.2. The maximum Gasteiger partial charge on any atom is 0.168 e. The molecule has 104 valence electrons. The van der Waals surface area contributed by atoms with Crippen molar-refractivity contribution in [2.24, 2.45) is 0 Å². The summed E-state index contributed by atoms with van der Waals surface area (Å²) in [5, 5.41) is 8.03. The first-order chi connectivity index (χ1) is 8.49. The summed E-state index contributed by atoms with van der Waals surface area (Å²) in [7, 11) is -4.10. The van der Waals surface area contributed by atoms with Crippen LogP contribution >= 0.6 is 0 Å². The number of nitrogens with zero attached hydrogens (tertiary/aromatic N) is 1. The van der Waals surface area contributed by atoms with Gasteiger partial charge in [-0.2, -0.15) is 0 Å². The second kappa shape index (κ2) is 9.99. The predicted molar refractivity (Wildman–Crippen MR) is 67.8 cm³/mol. The van der Waals surface area contributed by atoms with Crippen molar-refractivity contribution < 1.29 is 22.6 Å². The summed E-state index contributed by atoms with van der Waals surface area (Å²) in [6.07, 6.45) is 6.79. The Bertz CT molecular complexity index is 392. The Balaban J connectivity index is 0.000000331. The molecule has 0 radical (unpaired) electrons. The molecule has 18 heavy (non-hydrogen) atoms.